The number of nitrogens with zero attached hydrogens (tertiary/aromatic N) is 2. The van der Waals surface area contributed by atoms with Gasteiger partial charge in [-0.1, -0.05) is 49.2 Å². The molecule has 29 heavy (non-hydrogen) atoms. The Morgan fingerprint density at radius 2 is 1.72 bits per heavy atom. The molecule has 0 radical (unpaired) electrons. The van der Waals surface area contributed by atoms with Crippen LogP contribution in [0.1, 0.15) is 54.0 Å². The lowest BCUT2D eigenvalue weighted by Crippen LogP contribution is -2.25. The van der Waals surface area contributed by atoms with Gasteiger partial charge in [0.05, 0.1) is 6.20 Å². The van der Waals surface area contributed by atoms with Crippen molar-refractivity contribution in [3.8, 4) is 11.5 Å². The smallest absolute Gasteiger partial charge is 0.354 e. The number of rotatable bonds is 10. The third-order valence-electron chi connectivity index (χ3n) is 4.65. The van der Waals surface area contributed by atoms with Gasteiger partial charge in [-0.2, -0.15) is 0 Å². The highest BCUT2D eigenvalue weighted by Gasteiger charge is 2.31. The molecule has 0 saturated heterocycles. The monoisotopic (exact) mass is 396 g/mol. The fourth-order valence-corrected chi connectivity index (χ4v) is 3.07. The minimum Gasteiger partial charge on any atom is -0.477 e. The summed E-state index contributed by atoms with van der Waals surface area (Å²) >= 11 is 0. The second kappa shape index (κ2) is 9.45. The van der Waals surface area contributed by atoms with Crippen LogP contribution in [-0.4, -0.2) is 31.3 Å². The van der Waals surface area contributed by atoms with E-state index in [1.165, 1.54) is 23.9 Å². The molecule has 3 aromatic rings. The topological polar surface area (TPSA) is 117 Å². The first kappa shape index (κ1) is 20.7. The van der Waals surface area contributed by atoms with E-state index in [2.05, 4.69) is 22.1 Å². The molecule has 0 fully saturated rings. The zero-order valence-electron chi connectivity index (χ0n) is 16.0. The van der Waals surface area contributed by atoms with Gasteiger partial charge in [0.1, 0.15) is 11.4 Å². The molecular weight excluding hydrogens is 372 g/mol. The average Bonchev–Trinajstić information content (AvgIpc) is 3.23. The van der Waals surface area contributed by atoms with Gasteiger partial charge in [-0.3, -0.25) is 0 Å². The standard InChI is InChI=1S/C22H24N2O5/c25-20(26)18-13-8-12-17(24-18)19-15-23-21(29-19)22(27,28)14-7-2-1-4-9-16-10-5-3-6-11-16/h3,5-6,8,10-13,15,27-28H,1-2,4,7,9,14H2,(H,25,26). The van der Waals surface area contributed by atoms with E-state index in [9.17, 15) is 15.0 Å². The molecule has 0 aliphatic rings. The first-order valence-corrected chi connectivity index (χ1v) is 9.61. The van der Waals surface area contributed by atoms with E-state index in [0.29, 0.717) is 6.42 Å². The highest BCUT2D eigenvalue weighted by molar-refractivity contribution is 5.85. The molecule has 7 heteroatoms. The zero-order valence-corrected chi connectivity index (χ0v) is 16.0. The molecule has 1 aromatic carbocycles. The van der Waals surface area contributed by atoms with Crippen LogP contribution in [0.2, 0.25) is 0 Å². The Bertz CT molecular complexity index is 937. The first-order valence-electron chi connectivity index (χ1n) is 9.61. The number of aliphatic hydroxyl groups is 2. The third kappa shape index (κ3) is 5.73. The first-order chi connectivity index (χ1) is 14.0. The number of benzene rings is 1. The second-order valence-corrected chi connectivity index (χ2v) is 6.96. The van der Waals surface area contributed by atoms with Crippen molar-refractivity contribution in [3.05, 3.63) is 71.9 Å². The fourth-order valence-electron chi connectivity index (χ4n) is 3.07. The summed E-state index contributed by atoms with van der Waals surface area (Å²) in [5.41, 5.74) is 1.44. The Kier molecular flexibility index (Phi) is 6.74. The Labute approximate surface area is 168 Å². The number of hydrogen-bond acceptors (Lipinski definition) is 6. The van der Waals surface area contributed by atoms with E-state index in [1.807, 2.05) is 18.2 Å². The van der Waals surface area contributed by atoms with Crippen LogP contribution in [0.25, 0.3) is 11.5 Å². The molecule has 152 valence electrons. The van der Waals surface area contributed by atoms with Gasteiger partial charge in [-0.05, 0) is 37.0 Å². The van der Waals surface area contributed by atoms with Crippen LogP contribution < -0.4 is 0 Å². The van der Waals surface area contributed by atoms with E-state index in [1.54, 1.807) is 6.07 Å². The summed E-state index contributed by atoms with van der Waals surface area (Å²) in [6, 6.07) is 14.7. The second-order valence-electron chi connectivity index (χ2n) is 6.96. The number of pyridine rings is 1. The van der Waals surface area contributed by atoms with Crippen LogP contribution in [0.5, 0.6) is 0 Å². The molecule has 0 amide bonds. The van der Waals surface area contributed by atoms with Gasteiger partial charge in [-0.15, -0.1) is 0 Å². The van der Waals surface area contributed by atoms with Crippen LogP contribution in [0.15, 0.2) is 59.1 Å². The zero-order chi connectivity index (χ0) is 20.7. The predicted molar refractivity (Wildman–Crippen MR) is 106 cm³/mol. The minimum atomic E-state index is -2.18. The molecule has 0 aliphatic carbocycles. The number of oxazole rings is 1. The summed E-state index contributed by atoms with van der Waals surface area (Å²) in [7, 11) is 0. The molecule has 3 N–H and O–H groups in total. The molecule has 0 unspecified atom stereocenters. The van der Waals surface area contributed by atoms with Crippen molar-refractivity contribution < 1.29 is 24.5 Å². The van der Waals surface area contributed by atoms with Crippen LogP contribution in [0.4, 0.5) is 0 Å². The van der Waals surface area contributed by atoms with Crippen molar-refractivity contribution in [1.82, 2.24) is 9.97 Å². The molecule has 7 nitrogen and oxygen atoms in total. The maximum absolute atomic E-state index is 11.0. The van der Waals surface area contributed by atoms with Gasteiger partial charge in [0.25, 0.3) is 5.89 Å². The molecule has 0 bridgehead atoms. The highest BCUT2D eigenvalue weighted by atomic mass is 16.5. The van der Waals surface area contributed by atoms with Crippen molar-refractivity contribution in [3.63, 3.8) is 0 Å². The van der Waals surface area contributed by atoms with E-state index >= 15 is 0 Å². The number of carboxylic acids is 1. The molecule has 0 spiro atoms. The largest absolute Gasteiger partial charge is 0.477 e. The van der Waals surface area contributed by atoms with E-state index in [4.69, 9.17) is 9.52 Å². The third-order valence-corrected chi connectivity index (χ3v) is 4.65. The van der Waals surface area contributed by atoms with Crippen LogP contribution >= 0.6 is 0 Å². The van der Waals surface area contributed by atoms with E-state index in [0.717, 1.165) is 25.7 Å². The number of aromatic nitrogens is 2. The SMILES string of the molecule is O=C(O)c1cccc(-c2cnc(C(O)(O)CCCCCCc3ccccc3)o2)n1. The molecule has 2 aromatic heterocycles. The molecule has 3 rings (SSSR count). The normalized spacial score (nSPS) is 11.5. The number of aryl methyl sites for hydroxylation is 1. The lowest BCUT2D eigenvalue weighted by Gasteiger charge is -2.17. The number of unbranched alkanes of at least 4 members (excludes halogenated alkanes) is 3. The summed E-state index contributed by atoms with van der Waals surface area (Å²) < 4.78 is 5.44. The summed E-state index contributed by atoms with van der Waals surface area (Å²) in [5, 5.41) is 29.6. The van der Waals surface area contributed by atoms with Gasteiger partial charge in [0.2, 0.25) is 5.79 Å². The Hall–Kier alpha value is -3.03. The summed E-state index contributed by atoms with van der Waals surface area (Å²) in [6.45, 7) is 0. The maximum atomic E-state index is 11.0. The highest BCUT2D eigenvalue weighted by Crippen LogP contribution is 2.28. The molecule has 0 aliphatic heterocycles. The molecule has 0 atom stereocenters. The molecular formula is C22H24N2O5. The molecule has 2 heterocycles. The van der Waals surface area contributed by atoms with Gasteiger partial charge >= 0.3 is 5.97 Å². The lowest BCUT2D eigenvalue weighted by atomic mass is 10.0. The Morgan fingerprint density at radius 3 is 2.48 bits per heavy atom. The van der Waals surface area contributed by atoms with Crippen molar-refractivity contribution in [2.75, 3.05) is 0 Å². The van der Waals surface area contributed by atoms with E-state index < -0.39 is 11.8 Å². The number of carboxylic acid groups (broad SMARTS) is 1. The number of carbonyl (C=O) groups is 1. The average molecular weight is 396 g/mol. The summed E-state index contributed by atoms with van der Waals surface area (Å²) in [6.07, 6.45) is 5.94. The maximum Gasteiger partial charge on any atom is 0.354 e. The quantitative estimate of drug-likeness (QED) is 0.353. The van der Waals surface area contributed by atoms with Crippen molar-refractivity contribution >= 4 is 5.97 Å². The van der Waals surface area contributed by atoms with Gasteiger partial charge in [0, 0.05) is 6.42 Å². The molecule has 0 saturated carbocycles. The predicted octanol–water partition coefficient (Wildman–Crippen LogP) is 3.77. The van der Waals surface area contributed by atoms with Crippen molar-refractivity contribution in [2.24, 2.45) is 0 Å². The van der Waals surface area contributed by atoms with Crippen molar-refractivity contribution in [2.45, 2.75) is 44.3 Å². The Balaban J connectivity index is 1.49. The summed E-state index contributed by atoms with van der Waals surface area (Å²) in [4.78, 5) is 18.9. The number of hydrogen-bond donors (Lipinski definition) is 3. The van der Waals surface area contributed by atoms with Crippen LogP contribution in [0.3, 0.4) is 0 Å². The fraction of sp³-hybridized carbons (Fsp3) is 0.318. The van der Waals surface area contributed by atoms with Crippen LogP contribution in [0, 0.1) is 0 Å². The Morgan fingerprint density at radius 1 is 0.966 bits per heavy atom. The van der Waals surface area contributed by atoms with Gasteiger partial charge < -0.3 is 19.7 Å². The minimum absolute atomic E-state index is 0.0981. The van der Waals surface area contributed by atoms with Crippen molar-refractivity contribution in [1.29, 1.82) is 0 Å². The summed E-state index contributed by atoms with van der Waals surface area (Å²) in [5.74, 6) is -3.38. The van der Waals surface area contributed by atoms with E-state index in [-0.39, 0.29) is 29.5 Å². The lowest BCUT2D eigenvalue weighted by molar-refractivity contribution is -0.191. The van der Waals surface area contributed by atoms with Crippen LogP contribution in [-0.2, 0) is 12.2 Å². The number of aromatic carboxylic acids is 1. The van der Waals surface area contributed by atoms with Gasteiger partial charge in [0.15, 0.2) is 5.76 Å². The van der Waals surface area contributed by atoms with Gasteiger partial charge in [-0.25, -0.2) is 14.8 Å².